The first-order valence-electron chi connectivity index (χ1n) is 12.2. The number of hydrogen-bond acceptors (Lipinski definition) is 6. The molecule has 1 N–H and O–H groups in total. The second-order valence-corrected chi connectivity index (χ2v) is 12.4. The number of carbonyl (C=O) groups is 1. The van der Waals surface area contributed by atoms with Crippen LogP contribution < -0.4 is 9.46 Å². The van der Waals surface area contributed by atoms with Crippen molar-refractivity contribution in [2.45, 2.75) is 37.6 Å². The molecule has 2 aromatic rings. The van der Waals surface area contributed by atoms with Crippen molar-refractivity contribution in [3.8, 4) is 5.75 Å². The predicted molar refractivity (Wildman–Crippen MR) is 142 cm³/mol. The lowest BCUT2D eigenvalue weighted by atomic mass is 9.95. The molecule has 1 aliphatic carbocycles. The molecule has 1 atom stereocenters. The Morgan fingerprint density at radius 3 is 2.43 bits per heavy atom. The van der Waals surface area contributed by atoms with Gasteiger partial charge in [-0.2, -0.15) is 0 Å². The Bertz CT molecular complexity index is 1250. The summed E-state index contributed by atoms with van der Waals surface area (Å²) in [4.78, 5) is 14.8. The molecule has 2 aliphatic rings. The molecule has 1 heterocycles. The number of hydrogen-bond donors (Lipinski definition) is 1. The van der Waals surface area contributed by atoms with Crippen LogP contribution in [0, 0.1) is 11.7 Å². The minimum Gasteiger partial charge on any atom is -0.490 e. The van der Waals surface area contributed by atoms with E-state index in [1.54, 1.807) is 19.2 Å². The van der Waals surface area contributed by atoms with E-state index in [0.29, 0.717) is 23.3 Å². The van der Waals surface area contributed by atoms with E-state index < -0.39 is 21.7 Å². The standard InChI is InChI=1S/C26H31Cl2FN2O5S/c1-35-15-23(18-5-6-21(27)22(28)12-18)31-9-7-16(8-10-31)14-36-24-13-19(17-3-4-17)11-20(25(24)29)26(32)30-37(2,33)34/h5-6,11-13,16-17,23H,3-4,7-10,14-15H2,1-2H3,(H,30,32)/t23-/m1/s1. The molecular weight excluding hydrogens is 542 g/mol. The molecule has 0 aromatic heterocycles. The van der Waals surface area contributed by atoms with Gasteiger partial charge in [0.25, 0.3) is 5.91 Å². The molecule has 1 aliphatic heterocycles. The third-order valence-electron chi connectivity index (χ3n) is 6.85. The zero-order chi connectivity index (χ0) is 26.7. The average molecular weight is 574 g/mol. The van der Waals surface area contributed by atoms with Gasteiger partial charge < -0.3 is 9.47 Å². The first kappa shape index (κ1) is 28.1. The summed E-state index contributed by atoms with van der Waals surface area (Å²) in [5.41, 5.74) is 1.50. The first-order valence-corrected chi connectivity index (χ1v) is 14.9. The number of likely N-dealkylation sites (tertiary alicyclic amines) is 1. The molecule has 1 saturated heterocycles. The number of ether oxygens (including phenoxy) is 2. The van der Waals surface area contributed by atoms with Crippen LogP contribution in [0.25, 0.3) is 0 Å². The average Bonchev–Trinajstić information content (AvgIpc) is 3.69. The quantitative estimate of drug-likeness (QED) is 0.422. The summed E-state index contributed by atoms with van der Waals surface area (Å²) < 4.78 is 51.4. The van der Waals surface area contributed by atoms with Crippen molar-refractivity contribution >= 4 is 39.1 Å². The summed E-state index contributed by atoms with van der Waals surface area (Å²) in [6.07, 6.45) is 4.42. The van der Waals surface area contributed by atoms with Crippen LogP contribution >= 0.6 is 23.2 Å². The second kappa shape index (κ2) is 11.9. The van der Waals surface area contributed by atoms with Gasteiger partial charge in [0.2, 0.25) is 10.0 Å². The summed E-state index contributed by atoms with van der Waals surface area (Å²) in [7, 11) is -2.16. The number of sulfonamides is 1. The highest BCUT2D eigenvalue weighted by molar-refractivity contribution is 7.89. The molecule has 1 amide bonds. The maximum Gasteiger partial charge on any atom is 0.267 e. The summed E-state index contributed by atoms with van der Waals surface area (Å²) >= 11 is 12.3. The highest BCUT2D eigenvalue weighted by Crippen LogP contribution is 2.42. The molecule has 0 radical (unpaired) electrons. The van der Waals surface area contributed by atoms with E-state index in [9.17, 15) is 13.2 Å². The summed E-state index contributed by atoms with van der Waals surface area (Å²) in [6.45, 7) is 2.41. The smallest absolute Gasteiger partial charge is 0.267 e. The van der Waals surface area contributed by atoms with E-state index in [1.807, 2.05) is 16.9 Å². The van der Waals surface area contributed by atoms with Gasteiger partial charge >= 0.3 is 0 Å². The highest BCUT2D eigenvalue weighted by atomic mass is 35.5. The van der Waals surface area contributed by atoms with Crippen LogP contribution in [0.2, 0.25) is 10.0 Å². The molecule has 2 fully saturated rings. The molecule has 1 saturated carbocycles. The first-order chi connectivity index (χ1) is 17.6. The maximum atomic E-state index is 15.2. The molecule has 0 bridgehead atoms. The van der Waals surface area contributed by atoms with E-state index in [2.05, 4.69) is 4.90 Å². The number of amides is 1. The van der Waals surface area contributed by atoms with Crippen molar-refractivity contribution in [2.24, 2.45) is 5.92 Å². The fraction of sp³-hybridized carbons (Fsp3) is 0.500. The molecule has 2 aromatic carbocycles. The summed E-state index contributed by atoms with van der Waals surface area (Å²) in [6, 6.07) is 8.72. The fourth-order valence-corrected chi connectivity index (χ4v) is 5.45. The van der Waals surface area contributed by atoms with Crippen LogP contribution in [0.3, 0.4) is 0 Å². The Morgan fingerprint density at radius 2 is 1.84 bits per heavy atom. The van der Waals surface area contributed by atoms with Crippen LogP contribution in [0.4, 0.5) is 4.39 Å². The van der Waals surface area contributed by atoms with Gasteiger partial charge in [-0.15, -0.1) is 0 Å². The Labute approximate surface area is 227 Å². The second-order valence-electron chi connectivity index (χ2n) is 9.79. The molecule has 7 nitrogen and oxygen atoms in total. The van der Waals surface area contributed by atoms with Crippen molar-refractivity contribution in [1.82, 2.24) is 9.62 Å². The topological polar surface area (TPSA) is 84.9 Å². The predicted octanol–water partition coefficient (Wildman–Crippen LogP) is 5.18. The van der Waals surface area contributed by atoms with E-state index >= 15 is 4.39 Å². The fourth-order valence-electron chi connectivity index (χ4n) is 4.69. The van der Waals surface area contributed by atoms with Crippen molar-refractivity contribution in [3.63, 3.8) is 0 Å². The van der Waals surface area contributed by atoms with Crippen molar-refractivity contribution < 1.29 is 27.1 Å². The van der Waals surface area contributed by atoms with Crippen LogP contribution in [0.1, 0.15) is 59.1 Å². The highest BCUT2D eigenvalue weighted by Gasteiger charge is 2.30. The van der Waals surface area contributed by atoms with Gasteiger partial charge in [0.1, 0.15) is 0 Å². The lowest BCUT2D eigenvalue weighted by Gasteiger charge is -2.37. The summed E-state index contributed by atoms with van der Waals surface area (Å²) in [5.74, 6) is -1.42. The normalized spacial score (nSPS) is 18.0. The van der Waals surface area contributed by atoms with Gasteiger partial charge in [0.05, 0.1) is 41.1 Å². The monoisotopic (exact) mass is 572 g/mol. The Balaban J connectivity index is 1.41. The van der Waals surface area contributed by atoms with Gasteiger partial charge in [-0.05, 0) is 86.0 Å². The van der Waals surface area contributed by atoms with E-state index in [4.69, 9.17) is 32.7 Å². The van der Waals surface area contributed by atoms with Crippen LogP contribution in [0.5, 0.6) is 5.75 Å². The third kappa shape index (κ3) is 7.35. The molecule has 0 unspecified atom stereocenters. The van der Waals surface area contributed by atoms with Crippen LogP contribution in [-0.4, -0.2) is 58.9 Å². The van der Waals surface area contributed by atoms with Crippen molar-refractivity contribution in [3.05, 3.63) is 62.9 Å². The molecule has 202 valence electrons. The largest absolute Gasteiger partial charge is 0.490 e. The van der Waals surface area contributed by atoms with Crippen LogP contribution in [-0.2, 0) is 14.8 Å². The van der Waals surface area contributed by atoms with Crippen LogP contribution in [0.15, 0.2) is 30.3 Å². The van der Waals surface area contributed by atoms with E-state index in [1.165, 1.54) is 6.07 Å². The van der Waals surface area contributed by atoms with Crippen molar-refractivity contribution in [2.75, 3.05) is 39.7 Å². The van der Waals surface area contributed by atoms with E-state index in [-0.39, 0.29) is 29.2 Å². The minimum absolute atomic E-state index is 0.0152. The molecule has 0 spiro atoms. The number of piperidine rings is 1. The van der Waals surface area contributed by atoms with Gasteiger partial charge in [-0.25, -0.2) is 17.5 Å². The number of nitrogens with one attached hydrogen (secondary N) is 1. The van der Waals surface area contributed by atoms with Gasteiger partial charge in [-0.1, -0.05) is 29.3 Å². The zero-order valence-electron chi connectivity index (χ0n) is 20.8. The van der Waals surface area contributed by atoms with Gasteiger partial charge in [-0.3, -0.25) is 9.69 Å². The van der Waals surface area contributed by atoms with E-state index in [0.717, 1.165) is 56.2 Å². The Hall–Kier alpha value is -1.91. The lowest BCUT2D eigenvalue weighted by molar-refractivity contribution is 0.0553. The minimum atomic E-state index is -3.82. The Morgan fingerprint density at radius 1 is 1.14 bits per heavy atom. The van der Waals surface area contributed by atoms with Gasteiger partial charge in [0.15, 0.2) is 11.6 Å². The van der Waals surface area contributed by atoms with Crippen molar-refractivity contribution in [1.29, 1.82) is 0 Å². The molecule has 11 heteroatoms. The number of nitrogens with zero attached hydrogens (tertiary/aromatic N) is 1. The molecule has 37 heavy (non-hydrogen) atoms. The third-order valence-corrected chi connectivity index (χ3v) is 8.15. The number of rotatable bonds is 10. The lowest BCUT2D eigenvalue weighted by Crippen LogP contribution is -2.39. The number of carbonyl (C=O) groups excluding carboxylic acids is 1. The zero-order valence-corrected chi connectivity index (χ0v) is 23.1. The maximum absolute atomic E-state index is 15.2. The molecule has 4 rings (SSSR count). The Kier molecular flexibility index (Phi) is 9.01. The number of benzene rings is 2. The number of methoxy groups -OCH3 is 1. The molecular formula is C26H31Cl2FN2O5S. The van der Waals surface area contributed by atoms with Gasteiger partial charge in [0, 0.05) is 7.11 Å². The number of halogens is 3. The summed E-state index contributed by atoms with van der Waals surface area (Å²) in [5, 5.41) is 1.01. The SMILES string of the molecule is COC[C@H](c1ccc(Cl)c(Cl)c1)N1CCC(COc2cc(C3CC3)cc(C(=O)NS(C)(=O)=O)c2F)CC1.